The highest BCUT2D eigenvalue weighted by atomic mass is 33.1. The molecule has 0 amide bonds. The number of rotatable bonds is 17. The second-order valence-corrected chi connectivity index (χ2v) is 12.3. The molecule has 0 saturated carbocycles. The summed E-state index contributed by atoms with van der Waals surface area (Å²) in [5.41, 5.74) is 7.21. The minimum Gasteiger partial charge on any atom is -0.391 e. The summed E-state index contributed by atoms with van der Waals surface area (Å²) in [6.07, 6.45) is 21.7. The minimum atomic E-state index is 0.432. The van der Waals surface area contributed by atoms with Gasteiger partial charge in [0.05, 0.1) is 0 Å². The van der Waals surface area contributed by atoms with Crippen LogP contribution in [0.25, 0.3) is 12.2 Å². The predicted octanol–water partition coefficient (Wildman–Crippen LogP) is 8.85. The molecule has 218 valence electrons. The van der Waals surface area contributed by atoms with E-state index in [1.165, 1.54) is 33.6 Å². The standard InChI is InChI=1S/C35H46N4S2/c1-5-30(20-22-36-6-2)16-18-32-12-8-10-14-34(32)37-23-26-40-41-27-24-38-35-15-11-9-13-33(35)19-17-31-21-25-39(7-3)29(4)28-31/h5,8-22,25,28-29,36-38H,6-7,23-24,26-27H2,1-4H3/b18-16+,19-17+,22-20-,30-5-. The van der Waals surface area contributed by atoms with E-state index in [-0.39, 0.29) is 0 Å². The Morgan fingerprint density at radius 1 is 0.854 bits per heavy atom. The fraction of sp³-hybridized carbons (Fsp3) is 0.314. The maximum atomic E-state index is 3.63. The van der Waals surface area contributed by atoms with Crippen molar-refractivity contribution >= 4 is 45.1 Å². The first kappa shape index (κ1) is 32.3. The Morgan fingerprint density at radius 2 is 1.49 bits per heavy atom. The lowest BCUT2D eigenvalue weighted by Crippen LogP contribution is -2.28. The van der Waals surface area contributed by atoms with Crippen molar-refractivity contribution < 1.29 is 0 Å². The van der Waals surface area contributed by atoms with Crippen LogP contribution in [0.1, 0.15) is 38.8 Å². The SMILES string of the molecule is C/C=C(\C=C/NCC)/C=C/c1ccccc1NCCSSCCNc1ccccc1/C=C/C1=CC(C)N(CC)C=C1. The monoisotopic (exact) mass is 586 g/mol. The molecular formula is C35H46N4S2. The maximum absolute atomic E-state index is 3.63. The highest BCUT2D eigenvalue weighted by Gasteiger charge is 2.09. The molecule has 0 radical (unpaired) electrons. The summed E-state index contributed by atoms with van der Waals surface area (Å²) in [5, 5.41) is 10.5. The molecule has 4 nitrogen and oxygen atoms in total. The van der Waals surface area contributed by atoms with Gasteiger partial charge in [0.25, 0.3) is 0 Å². The number of likely N-dealkylation sites (N-methyl/N-ethyl adjacent to an activating group) is 1. The minimum absolute atomic E-state index is 0.432. The van der Waals surface area contributed by atoms with E-state index in [4.69, 9.17) is 0 Å². The molecule has 2 aromatic rings. The molecule has 0 bridgehead atoms. The first-order valence-corrected chi connectivity index (χ1v) is 17.1. The van der Waals surface area contributed by atoms with E-state index in [0.29, 0.717) is 6.04 Å². The summed E-state index contributed by atoms with van der Waals surface area (Å²) in [5.74, 6) is 2.09. The van der Waals surface area contributed by atoms with Crippen molar-refractivity contribution in [2.75, 3.05) is 48.3 Å². The Bertz CT molecular complexity index is 1240. The average Bonchev–Trinajstić information content (AvgIpc) is 3.00. The van der Waals surface area contributed by atoms with Gasteiger partial charge in [0.2, 0.25) is 0 Å². The maximum Gasteiger partial charge on any atom is 0.0447 e. The number of para-hydroxylation sites is 2. The molecule has 1 heterocycles. The van der Waals surface area contributed by atoms with Crippen LogP contribution in [0, 0.1) is 0 Å². The number of benzene rings is 2. The van der Waals surface area contributed by atoms with Crippen molar-refractivity contribution in [1.82, 2.24) is 10.2 Å². The van der Waals surface area contributed by atoms with Gasteiger partial charge in [0.15, 0.2) is 0 Å². The third-order valence-corrected chi connectivity index (χ3v) is 9.04. The summed E-state index contributed by atoms with van der Waals surface area (Å²) in [4.78, 5) is 2.34. The van der Waals surface area contributed by atoms with Gasteiger partial charge in [-0.25, -0.2) is 0 Å². The zero-order valence-corrected chi connectivity index (χ0v) is 26.6. The highest BCUT2D eigenvalue weighted by Crippen LogP contribution is 2.24. The van der Waals surface area contributed by atoms with Crippen molar-refractivity contribution in [3.63, 3.8) is 0 Å². The third-order valence-electron chi connectivity index (χ3n) is 6.63. The molecule has 1 unspecified atom stereocenters. The van der Waals surface area contributed by atoms with Crippen molar-refractivity contribution in [2.24, 2.45) is 0 Å². The number of hydrogen-bond donors (Lipinski definition) is 3. The second kappa shape index (κ2) is 19.0. The lowest BCUT2D eigenvalue weighted by molar-refractivity contribution is 0.349. The molecule has 0 aliphatic carbocycles. The second-order valence-electron chi connectivity index (χ2n) is 9.57. The molecule has 41 heavy (non-hydrogen) atoms. The topological polar surface area (TPSA) is 39.3 Å². The Kier molecular flexibility index (Phi) is 15.0. The average molecular weight is 587 g/mol. The first-order valence-electron chi connectivity index (χ1n) is 14.6. The molecule has 0 spiro atoms. The Morgan fingerprint density at radius 3 is 2.07 bits per heavy atom. The Balaban J connectivity index is 1.38. The van der Waals surface area contributed by atoms with E-state index in [1.807, 2.05) is 27.8 Å². The van der Waals surface area contributed by atoms with E-state index in [0.717, 1.165) is 37.7 Å². The third kappa shape index (κ3) is 11.7. The van der Waals surface area contributed by atoms with Crippen molar-refractivity contribution in [2.45, 2.75) is 33.7 Å². The van der Waals surface area contributed by atoms with E-state index >= 15 is 0 Å². The van der Waals surface area contributed by atoms with Gasteiger partial charge >= 0.3 is 0 Å². The normalized spacial score (nSPS) is 15.7. The molecule has 1 atom stereocenters. The van der Waals surface area contributed by atoms with E-state index in [2.05, 4.69) is 152 Å². The van der Waals surface area contributed by atoms with E-state index < -0.39 is 0 Å². The summed E-state index contributed by atoms with van der Waals surface area (Å²) < 4.78 is 0. The van der Waals surface area contributed by atoms with Crippen LogP contribution in [0.5, 0.6) is 0 Å². The fourth-order valence-electron chi connectivity index (χ4n) is 4.32. The van der Waals surface area contributed by atoms with Crippen LogP contribution in [0.2, 0.25) is 0 Å². The van der Waals surface area contributed by atoms with Gasteiger partial charge in [0, 0.05) is 61.3 Å². The highest BCUT2D eigenvalue weighted by molar-refractivity contribution is 8.76. The number of hydrogen-bond acceptors (Lipinski definition) is 6. The fourth-order valence-corrected chi connectivity index (χ4v) is 6.14. The molecule has 0 fully saturated rings. The van der Waals surface area contributed by atoms with Gasteiger partial charge < -0.3 is 20.9 Å². The van der Waals surface area contributed by atoms with Gasteiger partial charge in [0.1, 0.15) is 0 Å². The van der Waals surface area contributed by atoms with E-state index in [1.54, 1.807) is 0 Å². The molecule has 1 aliphatic rings. The summed E-state index contributed by atoms with van der Waals surface area (Å²) in [6.45, 7) is 12.4. The van der Waals surface area contributed by atoms with Crippen LogP contribution in [-0.4, -0.2) is 48.6 Å². The van der Waals surface area contributed by atoms with Crippen LogP contribution >= 0.6 is 21.6 Å². The van der Waals surface area contributed by atoms with Gasteiger partial charge in [-0.1, -0.05) is 94.4 Å². The van der Waals surface area contributed by atoms with Crippen LogP contribution in [-0.2, 0) is 0 Å². The summed E-state index contributed by atoms with van der Waals surface area (Å²) in [7, 11) is 3.84. The number of nitrogens with zero attached hydrogens (tertiary/aromatic N) is 1. The van der Waals surface area contributed by atoms with Crippen LogP contribution in [0.4, 0.5) is 11.4 Å². The van der Waals surface area contributed by atoms with E-state index in [9.17, 15) is 0 Å². The summed E-state index contributed by atoms with van der Waals surface area (Å²) in [6, 6.07) is 17.5. The van der Waals surface area contributed by atoms with Crippen LogP contribution < -0.4 is 16.0 Å². The lowest BCUT2D eigenvalue weighted by atomic mass is 10.1. The lowest BCUT2D eigenvalue weighted by Gasteiger charge is -2.27. The van der Waals surface area contributed by atoms with Crippen molar-refractivity contribution in [3.8, 4) is 0 Å². The number of allylic oxidation sites excluding steroid dienone is 7. The first-order chi connectivity index (χ1) is 20.1. The molecule has 2 aromatic carbocycles. The van der Waals surface area contributed by atoms with Crippen LogP contribution in [0.15, 0.2) is 109 Å². The van der Waals surface area contributed by atoms with Crippen LogP contribution in [0.3, 0.4) is 0 Å². The molecule has 6 heteroatoms. The molecule has 3 rings (SSSR count). The van der Waals surface area contributed by atoms with Gasteiger partial charge in [-0.2, -0.15) is 0 Å². The zero-order chi connectivity index (χ0) is 29.1. The smallest absolute Gasteiger partial charge is 0.0447 e. The zero-order valence-electron chi connectivity index (χ0n) is 25.0. The predicted molar refractivity (Wildman–Crippen MR) is 188 cm³/mol. The Hall–Kier alpha value is -3.22. The summed E-state index contributed by atoms with van der Waals surface area (Å²) >= 11 is 0. The molecule has 0 saturated heterocycles. The van der Waals surface area contributed by atoms with Gasteiger partial charge in [-0.3, -0.25) is 0 Å². The Labute approximate surface area is 256 Å². The van der Waals surface area contributed by atoms with Gasteiger partial charge in [-0.15, -0.1) is 0 Å². The number of anilines is 2. The molecular weight excluding hydrogens is 541 g/mol. The van der Waals surface area contributed by atoms with Gasteiger partial charge in [-0.05, 0) is 80.5 Å². The van der Waals surface area contributed by atoms with Crippen molar-refractivity contribution in [3.05, 3.63) is 120 Å². The molecule has 0 aromatic heterocycles. The van der Waals surface area contributed by atoms with Crippen molar-refractivity contribution in [1.29, 1.82) is 0 Å². The number of nitrogens with one attached hydrogen (secondary N) is 3. The largest absolute Gasteiger partial charge is 0.391 e. The molecule has 1 aliphatic heterocycles. The molecule has 3 N–H and O–H groups in total. The quantitative estimate of drug-likeness (QED) is 0.0977.